The lowest BCUT2D eigenvalue weighted by atomic mass is 10.2. The van der Waals surface area contributed by atoms with Crippen molar-refractivity contribution in [2.45, 2.75) is 25.9 Å². The van der Waals surface area contributed by atoms with Crippen LogP contribution < -0.4 is 10.5 Å². The van der Waals surface area contributed by atoms with Crippen LogP contribution in [0.15, 0.2) is 6.20 Å². The Bertz CT molecular complexity index is 352. The molecule has 1 aromatic rings. The lowest BCUT2D eigenvalue weighted by Gasteiger charge is -2.18. The average Bonchev–Trinajstić information content (AvgIpc) is 2.78. The summed E-state index contributed by atoms with van der Waals surface area (Å²) in [7, 11) is 3.25. The Kier molecular flexibility index (Phi) is 6.11. The van der Waals surface area contributed by atoms with E-state index in [9.17, 15) is 0 Å². The van der Waals surface area contributed by atoms with E-state index in [0.29, 0.717) is 25.6 Å². The van der Waals surface area contributed by atoms with Crippen molar-refractivity contribution in [3.05, 3.63) is 11.9 Å². The molecule has 18 heavy (non-hydrogen) atoms. The molecule has 1 unspecified atom stereocenters. The summed E-state index contributed by atoms with van der Waals surface area (Å²) in [6.07, 6.45) is 1.68. The number of hydrogen-bond acceptors (Lipinski definition) is 5. The van der Waals surface area contributed by atoms with Crippen LogP contribution in [0.2, 0.25) is 0 Å². The predicted molar refractivity (Wildman–Crippen MR) is 68.8 cm³/mol. The molecule has 0 amide bonds. The Morgan fingerprint density at radius 1 is 1.33 bits per heavy atom. The predicted octanol–water partition coefficient (Wildman–Crippen LogP) is 1.14. The lowest BCUT2D eigenvalue weighted by molar-refractivity contribution is 0.0621. The number of hydrogen-bond donors (Lipinski definition) is 1. The highest BCUT2D eigenvalue weighted by molar-refractivity contribution is 5.28. The zero-order valence-corrected chi connectivity index (χ0v) is 11.5. The molecule has 1 heterocycles. The van der Waals surface area contributed by atoms with E-state index in [1.807, 2.05) is 4.68 Å². The largest absolute Gasteiger partial charge is 0.493 e. The first kappa shape index (κ1) is 14.9. The van der Waals surface area contributed by atoms with Gasteiger partial charge in [-0.2, -0.15) is 5.10 Å². The highest BCUT2D eigenvalue weighted by Gasteiger charge is 2.20. The molecule has 0 aliphatic carbocycles. The Morgan fingerprint density at radius 3 is 2.61 bits per heavy atom. The van der Waals surface area contributed by atoms with Gasteiger partial charge in [-0.3, -0.25) is 4.68 Å². The smallest absolute Gasteiger partial charge is 0.161 e. The maximum Gasteiger partial charge on any atom is 0.161 e. The normalized spacial score (nSPS) is 13.0. The lowest BCUT2D eigenvalue weighted by Crippen LogP contribution is -2.23. The van der Waals surface area contributed by atoms with Gasteiger partial charge in [0.1, 0.15) is 0 Å². The van der Waals surface area contributed by atoms with Gasteiger partial charge < -0.3 is 19.9 Å². The first-order valence-corrected chi connectivity index (χ1v) is 6.05. The fourth-order valence-electron chi connectivity index (χ4n) is 1.71. The molecule has 0 saturated heterocycles. The Hall–Kier alpha value is -1.11. The second kappa shape index (κ2) is 7.35. The van der Waals surface area contributed by atoms with E-state index in [1.54, 1.807) is 20.4 Å². The summed E-state index contributed by atoms with van der Waals surface area (Å²) < 4.78 is 17.5. The summed E-state index contributed by atoms with van der Waals surface area (Å²) in [5.41, 5.74) is 7.00. The molecule has 6 heteroatoms. The van der Waals surface area contributed by atoms with Crippen molar-refractivity contribution < 1.29 is 14.2 Å². The van der Waals surface area contributed by atoms with Crippen LogP contribution in [0.25, 0.3) is 0 Å². The zero-order valence-electron chi connectivity index (χ0n) is 11.5. The quantitative estimate of drug-likeness (QED) is 0.707. The summed E-state index contributed by atoms with van der Waals surface area (Å²) in [5.74, 6) is 0.701. The van der Waals surface area contributed by atoms with Gasteiger partial charge in [0.15, 0.2) is 5.75 Å². The van der Waals surface area contributed by atoms with E-state index in [1.165, 1.54) is 0 Å². The molecule has 1 atom stereocenters. The van der Waals surface area contributed by atoms with Crippen LogP contribution in [0.5, 0.6) is 5.75 Å². The fourth-order valence-corrected chi connectivity index (χ4v) is 1.71. The van der Waals surface area contributed by atoms with Crippen molar-refractivity contribution >= 4 is 0 Å². The molecule has 104 valence electrons. The van der Waals surface area contributed by atoms with Gasteiger partial charge in [-0.15, -0.1) is 0 Å². The Morgan fingerprint density at radius 2 is 2.06 bits per heavy atom. The Labute approximate surface area is 108 Å². The van der Waals surface area contributed by atoms with Gasteiger partial charge in [0.2, 0.25) is 0 Å². The summed E-state index contributed by atoms with van der Waals surface area (Å²) in [6, 6.07) is -0.0318. The van der Waals surface area contributed by atoms with Crippen molar-refractivity contribution in [2.75, 3.05) is 34.0 Å². The molecule has 2 N–H and O–H groups in total. The van der Waals surface area contributed by atoms with Crippen LogP contribution in [-0.4, -0.2) is 43.8 Å². The van der Waals surface area contributed by atoms with E-state index >= 15 is 0 Å². The summed E-state index contributed by atoms with van der Waals surface area (Å²) in [6.45, 7) is 5.61. The maximum absolute atomic E-state index is 6.13. The molecular formula is C12H23N3O3. The van der Waals surface area contributed by atoms with E-state index in [-0.39, 0.29) is 12.1 Å². The summed E-state index contributed by atoms with van der Waals surface area (Å²) in [5, 5.41) is 4.28. The first-order chi connectivity index (χ1) is 8.61. The summed E-state index contributed by atoms with van der Waals surface area (Å²) in [4.78, 5) is 0. The third-order valence-corrected chi connectivity index (χ3v) is 2.59. The van der Waals surface area contributed by atoms with Crippen molar-refractivity contribution in [1.82, 2.24) is 9.78 Å². The average molecular weight is 257 g/mol. The second-order valence-electron chi connectivity index (χ2n) is 4.31. The van der Waals surface area contributed by atoms with Crippen LogP contribution >= 0.6 is 0 Å². The van der Waals surface area contributed by atoms with Crippen molar-refractivity contribution in [3.63, 3.8) is 0 Å². The van der Waals surface area contributed by atoms with Crippen LogP contribution in [-0.2, 0) is 9.47 Å². The SMILES string of the molecule is COCCOCC(N)c1c(OC)cnn1C(C)C. The zero-order chi connectivity index (χ0) is 13.5. The monoisotopic (exact) mass is 257 g/mol. The molecule has 0 bridgehead atoms. The highest BCUT2D eigenvalue weighted by Crippen LogP contribution is 2.26. The van der Waals surface area contributed by atoms with Gasteiger partial charge in [-0.1, -0.05) is 0 Å². The van der Waals surface area contributed by atoms with Gasteiger partial charge in [0, 0.05) is 13.2 Å². The third kappa shape index (κ3) is 3.69. The molecule has 1 rings (SSSR count). The molecule has 0 radical (unpaired) electrons. The highest BCUT2D eigenvalue weighted by atomic mass is 16.5. The number of rotatable bonds is 8. The van der Waals surface area contributed by atoms with Crippen molar-refractivity contribution in [1.29, 1.82) is 0 Å². The molecule has 0 aromatic carbocycles. The van der Waals surface area contributed by atoms with Crippen molar-refractivity contribution in [3.8, 4) is 5.75 Å². The van der Waals surface area contributed by atoms with Gasteiger partial charge >= 0.3 is 0 Å². The third-order valence-electron chi connectivity index (χ3n) is 2.59. The van der Waals surface area contributed by atoms with Crippen LogP contribution in [0.1, 0.15) is 31.6 Å². The molecular weight excluding hydrogens is 234 g/mol. The number of ether oxygens (including phenoxy) is 3. The topological polar surface area (TPSA) is 71.5 Å². The van der Waals surface area contributed by atoms with Gasteiger partial charge in [-0.05, 0) is 13.8 Å². The van der Waals surface area contributed by atoms with E-state index < -0.39 is 0 Å². The molecule has 0 aliphatic rings. The van der Waals surface area contributed by atoms with Crippen molar-refractivity contribution in [2.24, 2.45) is 5.73 Å². The second-order valence-corrected chi connectivity index (χ2v) is 4.31. The number of aromatic nitrogens is 2. The van der Waals surface area contributed by atoms with Gasteiger partial charge in [0.25, 0.3) is 0 Å². The molecule has 0 aliphatic heterocycles. The van der Waals surface area contributed by atoms with Gasteiger partial charge in [0.05, 0.1) is 44.9 Å². The molecule has 0 spiro atoms. The standard InChI is InChI=1S/C12H23N3O3/c1-9(2)15-12(11(17-4)7-14-15)10(13)8-18-6-5-16-3/h7,9-10H,5-6,8,13H2,1-4H3. The van der Waals surface area contributed by atoms with Gasteiger partial charge in [-0.25, -0.2) is 0 Å². The number of nitrogens with two attached hydrogens (primary N) is 1. The first-order valence-electron chi connectivity index (χ1n) is 6.05. The van der Waals surface area contributed by atoms with Crippen LogP contribution in [0, 0.1) is 0 Å². The van der Waals surface area contributed by atoms with E-state index in [4.69, 9.17) is 19.9 Å². The number of methoxy groups -OCH3 is 2. The Balaban J connectivity index is 2.70. The molecule has 0 fully saturated rings. The molecule has 1 aromatic heterocycles. The van der Waals surface area contributed by atoms with Crippen LogP contribution in [0.3, 0.4) is 0 Å². The van der Waals surface area contributed by atoms with E-state index in [0.717, 1.165) is 5.69 Å². The van der Waals surface area contributed by atoms with Crippen LogP contribution in [0.4, 0.5) is 0 Å². The molecule has 0 saturated carbocycles. The number of nitrogens with zero attached hydrogens (tertiary/aromatic N) is 2. The minimum atomic E-state index is -0.262. The van der Waals surface area contributed by atoms with E-state index in [2.05, 4.69) is 18.9 Å². The molecule has 6 nitrogen and oxygen atoms in total. The minimum Gasteiger partial charge on any atom is -0.493 e. The fraction of sp³-hybridized carbons (Fsp3) is 0.750. The maximum atomic E-state index is 6.13. The minimum absolute atomic E-state index is 0.230. The summed E-state index contributed by atoms with van der Waals surface area (Å²) >= 11 is 0.